The van der Waals surface area contributed by atoms with Crippen molar-refractivity contribution >= 4 is 29.2 Å². The van der Waals surface area contributed by atoms with E-state index >= 15 is 0 Å². The molecule has 26 heavy (non-hydrogen) atoms. The standard InChI is InChI=1S/C18H21N3O4S/c1-21(12-13-5-3-2-4-6-13)18(25)19-10-9-16(22)20-11-14-7-8-15(26-14)17(23)24/h2-8H,9-12H2,1H3,(H,19,25)(H,20,22)(H,23,24). The average Bonchev–Trinajstić information content (AvgIpc) is 3.10. The molecular formula is C18H21N3O4S. The average molecular weight is 375 g/mol. The molecule has 0 spiro atoms. The van der Waals surface area contributed by atoms with Crippen LogP contribution >= 0.6 is 11.3 Å². The van der Waals surface area contributed by atoms with E-state index in [9.17, 15) is 14.4 Å². The number of carboxylic acid groups (broad SMARTS) is 1. The molecule has 0 fully saturated rings. The first-order valence-electron chi connectivity index (χ1n) is 8.07. The second kappa shape index (κ2) is 9.57. The Morgan fingerprint density at radius 3 is 2.46 bits per heavy atom. The molecule has 138 valence electrons. The van der Waals surface area contributed by atoms with E-state index in [4.69, 9.17) is 5.11 Å². The molecule has 0 saturated heterocycles. The van der Waals surface area contributed by atoms with Crippen LogP contribution in [0.4, 0.5) is 4.79 Å². The molecule has 0 atom stereocenters. The highest BCUT2D eigenvalue weighted by molar-refractivity contribution is 7.13. The summed E-state index contributed by atoms with van der Waals surface area (Å²) in [6, 6.07) is 12.6. The molecule has 7 nitrogen and oxygen atoms in total. The molecule has 3 amide bonds. The van der Waals surface area contributed by atoms with Gasteiger partial charge in [-0.05, 0) is 17.7 Å². The normalized spacial score (nSPS) is 10.2. The molecular weight excluding hydrogens is 354 g/mol. The Balaban J connectivity index is 1.65. The molecule has 1 aromatic heterocycles. The van der Waals surface area contributed by atoms with E-state index in [1.165, 1.54) is 6.07 Å². The van der Waals surface area contributed by atoms with Gasteiger partial charge < -0.3 is 20.6 Å². The van der Waals surface area contributed by atoms with Crippen molar-refractivity contribution in [2.75, 3.05) is 13.6 Å². The van der Waals surface area contributed by atoms with E-state index < -0.39 is 5.97 Å². The van der Waals surface area contributed by atoms with Gasteiger partial charge in [0.05, 0.1) is 6.54 Å². The number of carbonyl (C=O) groups is 3. The lowest BCUT2D eigenvalue weighted by Crippen LogP contribution is -2.38. The van der Waals surface area contributed by atoms with Gasteiger partial charge in [0.15, 0.2) is 0 Å². The highest BCUT2D eigenvalue weighted by Gasteiger charge is 2.10. The smallest absolute Gasteiger partial charge is 0.345 e. The predicted molar refractivity (Wildman–Crippen MR) is 99.0 cm³/mol. The van der Waals surface area contributed by atoms with Crippen LogP contribution < -0.4 is 10.6 Å². The monoisotopic (exact) mass is 375 g/mol. The Morgan fingerprint density at radius 2 is 1.81 bits per heavy atom. The molecule has 0 unspecified atom stereocenters. The Labute approximate surface area is 155 Å². The number of nitrogens with zero attached hydrogens (tertiary/aromatic N) is 1. The molecule has 0 saturated carbocycles. The van der Waals surface area contributed by atoms with Crippen LogP contribution in [0.2, 0.25) is 0 Å². The summed E-state index contributed by atoms with van der Waals surface area (Å²) in [6.07, 6.45) is 0.155. The van der Waals surface area contributed by atoms with Gasteiger partial charge >= 0.3 is 12.0 Å². The third-order valence-electron chi connectivity index (χ3n) is 3.57. The molecule has 0 aliphatic carbocycles. The van der Waals surface area contributed by atoms with Crippen molar-refractivity contribution < 1.29 is 19.5 Å². The molecule has 2 aromatic rings. The predicted octanol–water partition coefficient (Wildman–Crippen LogP) is 2.29. The van der Waals surface area contributed by atoms with E-state index in [2.05, 4.69) is 10.6 Å². The van der Waals surface area contributed by atoms with Gasteiger partial charge in [-0.2, -0.15) is 0 Å². The van der Waals surface area contributed by atoms with Crippen molar-refractivity contribution in [2.45, 2.75) is 19.5 Å². The lowest BCUT2D eigenvalue weighted by Gasteiger charge is -2.18. The highest BCUT2D eigenvalue weighted by atomic mass is 32.1. The van der Waals surface area contributed by atoms with Crippen molar-refractivity contribution in [1.82, 2.24) is 15.5 Å². The van der Waals surface area contributed by atoms with Gasteiger partial charge in [0.2, 0.25) is 5.91 Å². The van der Waals surface area contributed by atoms with Crippen molar-refractivity contribution in [2.24, 2.45) is 0 Å². The zero-order valence-electron chi connectivity index (χ0n) is 14.4. The van der Waals surface area contributed by atoms with Gasteiger partial charge in [0, 0.05) is 31.4 Å². The molecule has 0 radical (unpaired) electrons. The lowest BCUT2D eigenvalue weighted by molar-refractivity contribution is -0.121. The molecule has 0 aliphatic heterocycles. The van der Waals surface area contributed by atoms with Gasteiger partial charge in [0.25, 0.3) is 0 Å². The topological polar surface area (TPSA) is 98.7 Å². The van der Waals surface area contributed by atoms with Gasteiger partial charge in [-0.1, -0.05) is 30.3 Å². The second-order valence-corrected chi connectivity index (χ2v) is 6.84. The van der Waals surface area contributed by atoms with Crippen LogP contribution in [0.5, 0.6) is 0 Å². The quantitative estimate of drug-likeness (QED) is 0.659. The lowest BCUT2D eigenvalue weighted by atomic mass is 10.2. The summed E-state index contributed by atoms with van der Waals surface area (Å²) < 4.78 is 0. The summed E-state index contributed by atoms with van der Waals surface area (Å²) in [5.41, 5.74) is 1.03. The molecule has 0 aliphatic rings. The maximum atomic E-state index is 12.0. The Kier molecular flexibility index (Phi) is 7.16. The van der Waals surface area contributed by atoms with Gasteiger partial charge in [-0.25, -0.2) is 9.59 Å². The fourth-order valence-corrected chi connectivity index (χ4v) is 3.00. The first-order chi connectivity index (χ1) is 12.5. The molecule has 8 heteroatoms. The summed E-state index contributed by atoms with van der Waals surface area (Å²) in [6.45, 7) is 0.996. The summed E-state index contributed by atoms with van der Waals surface area (Å²) in [5.74, 6) is -1.18. The molecule has 1 aromatic carbocycles. The fourth-order valence-electron chi connectivity index (χ4n) is 2.21. The number of amides is 3. The number of aromatic carboxylic acids is 1. The minimum absolute atomic E-state index is 0.155. The number of hydrogen-bond acceptors (Lipinski definition) is 4. The molecule has 0 bridgehead atoms. The number of carboxylic acids is 1. The molecule has 3 N–H and O–H groups in total. The highest BCUT2D eigenvalue weighted by Crippen LogP contribution is 2.15. The zero-order valence-corrected chi connectivity index (χ0v) is 15.2. The largest absolute Gasteiger partial charge is 0.477 e. The number of carbonyl (C=O) groups excluding carboxylic acids is 2. The van der Waals surface area contributed by atoms with Crippen LogP contribution in [-0.2, 0) is 17.9 Å². The minimum Gasteiger partial charge on any atom is -0.477 e. The summed E-state index contributed by atoms with van der Waals surface area (Å²) in [5, 5.41) is 14.3. The zero-order chi connectivity index (χ0) is 18.9. The summed E-state index contributed by atoms with van der Waals surface area (Å²) in [4.78, 5) is 37.2. The van der Waals surface area contributed by atoms with Gasteiger partial charge in [0.1, 0.15) is 4.88 Å². The summed E-state index contributed by atoms with van der Waals surface area (Å²) >= 11 is 1.13. The molecule has 2 rings (SSSR count). The first-order valence-corrected chi connectivity index (χ1v) is 8.89. The van der Waals surface area contributed by atoms with Crippen LogP contribution in [0.3, 0.4) is 0 Å². The van der Waals surface area contributed by atoms with Crippen molar-refractivity contribution in [3.8, 4) is 0 Å². The van der Waals surface area contributed by atoms with E-state index in [-0.39, 0.29) is 36.3 Å². The van der Waals surface area contributed by atoms with Crippen molar-refractivity contribution in [3.05, 3.63) is 57.8 Å². The minimum atomic E-state index is -0.977. The van der Waals surface area contributed by atoms with E-state index in [0.717, 1.165) is 21.8 Å². The number of nitrogens with one attached hydrogen (secondary N) is 2. The van der Waals surface area contributed by atoms with Crippen molar-refractivity contribution in [3.63, 3.8) is 0 Å². The van der Waals surface area contributed by atoms with E-state index in [1.807, 2.05) is 30.3 Å². The maximum absolute atomic E-state index is 12.0. The van der Waals surface area contributed by atoms with Crippen molar-refractivity contribution in [1.29, 1.82) is 0 Å². The number of rotatable bonds is 8. The third kappa shape index (κ3) is 6.21. The first kappa shape index (κ1) is 19.5. The second-order valence-electron chi connectivity index (χ2n) is 5.67. The van der Waals surface area contributed by atoms with Gasteiger partial charge in [-0.15, -0.1) is 11.3 Å². The van der Waals surface area contributed by atoms with Crippen LogP contribution in [0, 0.1) is 0 Å². The number of hydrogen-bond donors (Lipinski definition) is 3. The Hall–Kier alpha value is -2.87. The van der Waals surface area contributed by atoms with Crippen LogP contribution in [0.25, 0.3) is 0 Å². The fraction of sp³-hybridized carbons (Fsp3) is 0.278. The SMILES string of the molecule is CN(Cc1ccccc1)C(=O)NCCC(=O)NCc1ccc(C(=O)O)s1. The number of benzene rings is 1. The third-order valence-corrected chi connectivity index (χ3v) is 4.64. The van der Waals surface area contributed by atoms with Crippen LogP contribution in [0.15, 0.2) is 42.5 Å². The summed E-state index contributed by atoms with van der Waals surface area (Å²) in [7, 11) is 1.69. The Bertz CT molecular complexity index is 761. The number of urea groups is 1. The van der Waals surface area contributed by atoms with Gasteiger partial charge in [-0.3, -0.25) is 4.79 Å². The number of thiophene rings is 1. The van der Waals surface area contributed by atoms with Crippen LogP contribution in [-0.4, -0.2) is 41.5 Å². The maximum Gasteiger partial charge on any atom is 0.345 e. The van der Waals surface area contributed by atoms with E-state index in [0.29, 0.717) is 6.54 Å². The van der Waals surface area contributed by atoms with Crippen LogP contribution in [0.1, 0.15) is 26.5 Å². The Morgan fingerprint density at radius 1 is 1.08 bits per heavy atom. The van der Waals surface area contributed by atoms with E-state index in [1.54, 1.807) is 18.0 Å². The molecule has 1 heterocycles.